The molecule has 1 atom stereocenters. The summed E-state index contributed by atoms with van der Waals surface area (Å²) in [5.74, 6) is 0. The molecule has 31 heavy (non-hydrogen) atoms. The first-order valence-corrected chi connectivity index (χ1v) is 10.2. The molecule has 3 rings (SSSR count). The third-order valence-electron chi connectivity index (χ3n) is 5.13. The molecule has 0 bridgehead atoms. The van der Waals surface area contributed by atoms with Crippen molar-refractivity contribution in [3.8, 4) is 0 Å². The molecule has 0 aliphatic heterocycles. The number of halogens is 3. The van der Waals surface area contributed by atoms with Crippen LogP contribution in [0.5, 0.6) is 0 Å². The monoisotopic (exact) mass is 428 g/mol. The Labute approximate surface area is 180 Å². The maximum absolute atomic E-state index is 13.3. The van der Waals surface area contributed by atoms with Crippen molar-refractivity contribution >= 4 is 11.4 Å². The molecular formula is C25H27F3N2O. The van der Waals surface area contributed by atoms with E-state index in [0.717, 1.165) is 34.4 Å². The van der Waals surface area contributed by atoms with Crippen LogP contribution in [0.1, 0.15) is 27.8 Å². The van der Waals surface area contributed by atoms with Crippen molar-refractivity contribution in [2.75, 3.05) is 17.2 Å². The van der Waals surface area contributed by atoms with Crippen molar-refractivity contribution in [3.05, 3.63) is 94.5 Å². The summed E-state index contributed by atoms with van der Waals surface area (Å²) in [5.41, 5.74) is 4.42. The first-order chi connectivity index (χ1) is 14.7. The van der Waals surface area contributed by atoms with Gasteiger partial charge in [-0.15, -0.1) is 0 Å². The summed E-state index contributed by atoms with van der Waals surface area (Å²) < 4.78 is 39.9. The number of hydrogen-bond donors (Lipinski definition) is 3. The maximum Gasteiger partial charge on any atom is 0.416 e. The highest BCUT2D eigenvalue weighted by Crippen LogP contribution is 2.34. The molecule has 6 heteroatoms. The quantitative estimate of drug-likeness (QED) is 0.415. The van der Waals surface area contributed by atoms with Crippen LogP contribution in [0.25, 0.3) is 0 Å². The average Bonchev–Trinajstić information content (AvgIpc) is 2.74. The van der Waals surface area contributed by atoms with Gasteiger partial charge in [-0.25, -0.2) is 0 Å². The van der Waals surface area contributed by atoms with E-state index in [0.29, 0.717) is 24.3 Å². The second-order valence-corrected chi connectivity index (χ2v) is 7.81. The van der Waals surface area contributed by atoms with Crippen molar-refractivity contribution < 1.29 is 18.3 Å². The van der Waals surface area contributed by atoms with Gasteiger partial charge in [-0.3, -0.25) is 0 Å². The lowest BCUT2D eigenvalue weighted by atomic mass is 10.0. The summed E-state index contributed by atoms with van der Waals surface area (Å²) in [7, 11) is 0. The van der Waals surface area contributed by atoms with E-state index in [9.17, 15) is 18.3 Å². The second kappa shape index (κ2) is 9.88. The fourth-order valence-electron chi connectivity index (χ4n) is 3.29. The van der Waals surface area contributed by atoms with E-state index in [1.165, 1.54) is 6.07 Å². The zero-order valence-electron chi connectivity index (χ0n) is 17.6. The van der Waals surface area contributed by atoms with E-state index in [4.69, 9.17) is 0 Å². The van der Waals surface area contributed by atoms with Gasteiger partial charge in [-0.05, 0) is 49.6 Å². The lowest BCUT2D eigenvalue weighted by Gasteiger charge is -2.22. The fourth-order valence-corrected chi connectivity index (χ4v) is 3.29. The van der Waals surface area contributed by atoms with E-state index in [2.05, 4.69) is 10.6 Å². The molecule has 3 N–H and O–H groups in total. The number of benzene rings is 3. The van der Waals surface area contributed by atoms with Gasteiger partial charge in [0.15, 0.2) is 0 Å². The Kier molecular flexibility index (Phi) is 7.23. The number of aliphatic hydroxyl groups excluding tert-OH is 1. The number of rotatable bonds is 8. The van der Waals surface area contributed by atoms with E-state index >= 15 is 0 Å². The Hall–Kier alpha value is -2.99. The topological polar surface area (TPSA) is 44.3 Å². The highest BCUT2D eigenvalue weighted by atomic mass is 19.4. The number of hydrogen-bond acceptors (Lipinski definition) is 3. The zero-order chi connectivity index (χ0) is 22.4. The third kappa shape index (κ3) is 6.49. The molecule has 164 valence electrons. The first kappa shape index (κ1) is 22.7. The van der Waals surface area contributed by atoms with Gasteiger partial charge in [0.05, 0.1) is 29.6 Å². The minimum Gasteiger partial charge on any atom is -0.394 e. The SMILES string of the molecule is Cc1ccc(CNc2ccc(C(F)(F)F)cc2NC(CO)Cc2ccc(C)cc2)cc1. The smallest absolute Gasteiger partial charge is 0.394 e. The summed E-state index contributed by atoms with van der Waals surface area (Å²) >= 11 is 0. The first-order valence-electron chi connectivity index (χ1n) is 10.2. The highest BCUT2D eigenvalue weighted by Gasteiger charge is 2.31. The predicted octanol–water partition coefficient (Wildman–Crippen LogP) is 5.95. The van der Waals surface area contributed by atoms with Gasteiger partial charge in [0.25, 0.3) is 0 Å². The van der Waals surface area contributed by atoms with Crippen molar-refractivity contribution in [3.63, 3.8) is 0 Å². The summed E-state index contributed by atoms with van der Waals surface area (Å²) in [5, 5.41) is 16.2. The van der Waals surface area contributed by atoms with Gasteiger partial charge in [0, 0.05) is 6.54 Å². The maximum atomic E-state index is 13.3. The van der Waals surface area contributed by atoms with Crippen LogP contribution in [0.15, 0.2) is 66.7 Å². The van der Waals surface area contributed by atoms with Gasteiger partial charge in [-0.2, -0.15) is 13.2 Å². The van der Waals surface area contributed by atoms with Gasteiger partial charge >= 0.3 is 6.18 Å². The molecule has 0 saturated carbocycles. The molecule has 0 aliphatic carbocycles. The molecule has 0 saturated heterocycles. The van der Waals surface area contributed by atoms with Crippen LogP contribution in [-0.2, 0) is 19.1 Å². The Morgan fingerprint density at radius 3 is 1.94 bits per heavy atom. The van der Waals surface area contributed by atoms with Crippen LogP contribution < -0.4 is 10.6 Å². The van der Waals surface area contributed by atoms with Crippen LogP contribution in [-0.4, -0.2) is 17.8 Å². The summed E-state index contributed by atoms with van der Waals surface area (Å²) in [6.45, 7) is 4.25. The molecule has 0 aliphatic rings. The fraction of sp³-hybridized carbons (Fsp3) is 0.280. The molecule has 1 unspecified atom stereocenters. The molecule has 0 fully saturated rings. The highest BCUT2D eigenvalue weighted by molar-refractivity contribution is 5.70. The molecule has 0 radical (unpaired) electrons. The van der Waals surface area contributed by atoms with E-state index in [-0.39, 0.29) is 6.61 Å². The zero-order valence-corrected chi connectivity index (χ0v) is 17.6. The minimum atomic E-state index is -4.45. The van der Waals surface area contributed by atoms with Crippen molar-refractivity contribution in [1.29, 1.82) is 0 Å². The number of alkyl halides is 3. The number of anilines is 2. The van der Waals surface area contributed by atoms with Gasteiger partial charge in [0.2, 0.25) is 0 Å². The second-order valence-electron chi connectivity index (χ2n) is 7.81. The standard InChI is InChI=1S/C25H27F3N2O/c1-17-3-7-19(8-4-17)13-22(16-31)30-24-14-21(25(26,27)28)11-12-23(24)29-15-20-9-5-18(2)6-10-20/h3-12,14,22,29-31H,13,15-16H2,1-2H3. The lowest BCUT2D eigenvalue weighted by molar-refractivity contribution is -0.137. The Balaban J connectivity index is 1.81. The van der Waals surface area contributed by atoms with Gasteiger partial charge in [-0.1, -0.05) is 59.7 Å². The Morgan fingerprint density at radius 2 is 1.39 bits per heavy atom. The van der Waals surface area contributed by atoms with Gasteiger partial charge < -0.3 is 15.7 Å². The van der Waals surface area contributed by atoms with Crippen molar-refractivity contribution in [2.45, 2.75) is 39.0 Å². The summed E-state index contributed by atoms with van der Waals surface area (Å²) in [6.07, 6.45) is -3.96. The third-order valence-corrected chi connectivity index (χ3v) is 5.13. The molecule has 0 aromatic heterocycles. The van der Waals surface area contributed by atoms with Crippen molar-refractivity contribution in [2.24, 2.45) is 0 Å². The van der Waals surface area contributed by atoms with Crippen LogP contribution >= 0.6 is 0 Å². The van der Waals surface area contributed by atoms with E-state index in [1.807, 2.05) is 62.4 Å². The van der Waals surface area contributed by atoms with Crippen LogP contribution in [0.2, 0.25) is 0 Å². The Bertz CT molecular complexity index is 983. The number of aryl methyl sites for hydroxylation is 2. The molecule has 0 heterocycles. The van der Waals surface area contributed by atoms with Crippen LogP contribution in [0.4, 0.5) is 24.5 Å². The van der Waals surface area contributed by atoms with Gasteiger partial charge in [0.1, 0.15) is 0 Å². The number of aliphatic hydroxyl groups is 1. The normalized spacial score (nSPS) is 12.5. The van der Waals surface area contributed by atoms with Crippen LogP contribution in [0, 0.1) is 13.8 Å². The van der Waals surface area contributed by atoms with Crippen molar-refractivity contribution in [1.82, 2.24) is 0 Å². The van der Waals surface area contributed by atoms with Crippen LogP contribution in [0.3, 0.4) is 0 Å². The molecular weight excluding hydrogens is 401 g/mol. The Morgan fingerprint density at radius 1 is 0.806 bits per heavy atom. The molecule has 3 nitrogen and oxygen atoms in total. The predicted molar refractivity (Wildman–Crippen MR) is 119 cm³/mol. The lowest BCUT2D eigenvalue weighted by Crippen LogP contribution is -2.27. The molecule has 3 aromatic rings. The number of nitrogens with one attached hydrogen (secondary N) is 2. The van der Waals surface area contributed by atoms with E-state index < -0.39 is 17.8 Å². The largest absolute Gasteiger partial charge is 0.416 e. The summed E-state index contributed by atoms with van der Waals surface area (Å²) in [6, 6.07) is 19.0. The molecule has 0 spiro atoms. The average molecular weight is 428 g/mol. The van der Waals surface area contributed by atoms with E-state index in [1.54, 1.807) is 0 Å². The molecule has 3 aromatic carbocycles. The molecule has 0 amide bonds. The summed E-state index contributed by atoms with van der Waals surface area (Å²) in [4.78, 5) is 0. The minimum absolute atomic E-state index is 0.207.